The van der Waals surface area contributed by atoms with E-state index in [0.29, 0.717) is 10.8 Å². The zero-order chi connectivity index (χ0) is 22.6. The van der Waals surface area contributed by atoms with Crippen molar-refractivity contribution in [1.29, 1.82) is 0 Å². The zero-order valence-electron chi connectivity index (χ0n) is 18.9. The summed E-state index contributed by atoms with van der Waals surface area (Å²) in [7, 11) is 1.59. The van der Waals surface area contributed by atoms with Crippen LogP contribution in [0, 0.1) is 27.7 Å². The Hall–Kier alpha value is -2.53. The molecule has 0 aliphatic heterocycles. The van der Waals surface area contributed by atoms with Crippen LogP contribution in [0.2, 0.25) is 5.02 Å². The van der Waals surface area contributed by atoms with Crippen LogP contribution in [0.15, 0.2) is 24.3 Å². The zero-order valence-corrected chi connectivity index (χ0v) is 19.6. The molecule has 2 amide bonds. The number of hydrogen-bond acceptors (Lipinski definition) is 3. The number of rotatable bonds is 7. The fourth-order valence-corrected chi connectivity index (χ4v) is 3.53. The second-order valence-corrected chi connectivity index (χ2v) is 8.56. The summed E-state index contributed by atoms with van der Waals surface area (Å²) < 4.78 is 5.79. The molecule has 0 unspecified atom stereocenters. The molecule has 30 heavy (non-hydrogen) atoms. The first kappa shape index (κ1) is 23.7. The molecular weight excluding hydrogens is 400 g/mol. The summed E-state index contributed by atoms with van der Waals surface area (Å²) in [6.45, 7) is 11.7. The Kier molecular flexibility index (Phi) is 7.90. The summed E-state index contributed by atoms with van der Waals surface area (Å²) in [6, 6.07) is 7.77. The van der Waals surface area contributed by atoms with E-state index in [4.69, 9.17) is 16.3 Å². The predicted octanol–water partition coefficient (Wildman–Crippen LogP) is 5.17. The lowest BCUT2D eigenvalue weighted by Gasteiger charge is -2.20. The summed E-state index contributed by atoms with van der Waals surface area (Å²) in [5.74, 6) is 0.331. The van der Waals surface area contributed by atoms with Gasteiger partial charge in [-0.25, -0.2) is 0 Å². The van der Waals surface area contributed by atoms with Gasteiger partial charge in [-0.05, 0) is 68.0 Å². The Balaban J connectivity index is 1.99. The van der Waals surface area contributed by atoms with E-state index >= 15 is 0 Å². The molecule has 0 aromatic heterocycles. The van der Waals surface area contributed by atoms with Crippen molar-refractivity contribution in [2.24, 2.45) is 0 Å². The number of benzene rings is 2. The summed E-state index contributed by atoms with van der Waals surface area (Å²) in [4.78, 5) is 26.3. The topological polar surface area (TPSA) is 58.6 Å². The van der Waals surface area contributed by atoms with Crippen molar-refractivity contribution >= 4 is 29.1 Å². The molecule has 2 aromatic carbocycles. The average molecular weight is 431 g/mol. The number of hydrogen-bond donors (Lipinski definition) is 1. The van der Waals surface area contributed by atoms with E-state index in [9.17, 15) is 9.59 Å². The van der Waals surface area contributed by atoms with Gasteiger partial charge in [0.1, 0.15) is 5.75 Å². The van der Waals surface area contributed by atoms with Crippen LogP contribution in [0.5, 0.6) is 5.75 Å². The number of carbonyl (C=O) groups excluding carboxylic acids is 2. The maximum Gasteiger partial charge on any atom is 0.260 e. The summed E-state index contributed by atoms with van der Waals surface area (Å²) in [5.41, 5.74) is 5.77. The van der Waals surface area contributed by atoms with Gasteiger partial charge in [0.15, 0.2) is 6.61 Å². The van der Waals surface area contributed by atoms with Gasteiger partial charge in [0.2, 0.25) is 5.91 Å². The minimum Gasteiger partial charge on any atom is -0.483 e. The Morgan fingerprint density at radius 2 is 1.63 bits per heavy atom. The SMILES string of the molecule is Cc1cc(C)c(NC(=O)CN(C)C(=O)COc2cc(C)c(Cl)cc2C(C)C)c(C)c1. The van der Waals surface area contributed by atoms with Crippen LogP contribution >= 0.6 is 11.6 Å². The van der Waals surface area contributed by atoms with Crippen LogP contribution in [-0.2, 0) is 9.59 Å². The number of likely N-dealkylation sites (N-methyl/N-ethyl adjacent to an activating group) is 1. The second-order valence-electron chi connectivity index (χ2n) is 8.15. The standard InChI is InChI=1S/C24H31ClN2O3/c1-14(2)19-11-20(25)16(4)10-21(19)30-13-23(29)27(7)12-22(28)26-24-17(5)8-15(3)9-18(24)6/h8-11,14H,12-13H2,1-7H3,(H,26,28). The van der Waals surface area contributed by atoms with Gasteiger partial charge in [0.25, 0.3) is 5.91 Å². The molecule has 0 aliphatic rings. The predicted molar refractivity (Wildman–Crippen MR) is 123 cm³/mol. The molecule has 0 aliphatic carbocycles. The Morgan fingerprint density at radius 1 is 1.03 bits per heavy atom. The molecule has 0 saturated carbocycles. The van der Waals surface area contributed by atoms with Crippen molar-refractivity contribution in [3.63, 3.8) is 0 Å². The summed E-state index contributed by atoms with van der Waals surface area (Å²) >= 11 is 6.22. The van der Waals surface area contributed by atoms with Crippen molar-refractivity contribution in [2.45, 2.75) is 47.5 Å². The molecule has 1 N–H and O–H groups in total. The second kappa shape index (κ2) is 9.98. The maximum atomic E-state index is 12.5. The molecule has 6 heteroatoms. The van der Waals surface area contributed by atoms with Crippen LogP contribution in [0.3, 0.4) is 0 Å². The van der Waals surface area contributed by atoms with Crippen LogP contribution in [0.25, 0.3) is 0 Å². The quantitative estimate of drug-likeness (QED) is 0.658. The first-order chi connectivity index (χ1) is 14.0. The van der Waals surface area contributed by atoms with Crippen molar-refractivity contribution < 1.29 is 14.3 Å². The number of nitrogens with one attached hydrogen (secondary N) is 1. The van der Waals surface area contributed by atoms with E-state index < -0.39 is 0 Å². The maximum absolute atomic E-state index is 12.5. The largest absolute Gasteiger partial charge is 0.483 e. The normalized spacial score (nSPS) is 10.8. The third-order valence-corrected chi connectivity index (χ3v) is 5.42. The van der Waals surface area contributed by atoms with E-state index in [1.54, 1.807) is 7.05 Å². The number of anilines is 1. The number of nitrogens with zero attached hydrogens (tertiary/aromatic N) is 1. The van der Waals surface area contributed by atoms with Gasteiger partial charge in [-0.3, -0.25) is 9.59 Å². The molecule has 0 fully saturated rings. The first-order valence-electron chi connectivity index (χ1n) is 10.0. The molecule has 162 valence electrons. The fourth-order valence-electron chi connectivity index (χ4n) is 3.36. The van der Waals surface area contributed by atoms with E-state index in [1.807, 2.05) is 65.8 Å². The Morgan fingerprint density at radius 3 is 2.20 bits per heavy atom. The molecule has 0 heterocycles. The molecule has 5 nitrogen and oxygen atoms in total. The highest BCUT2D eigenvalue weighted by atomic mass is 35.5. The molecular formula is C24H31ClN2O3. The van der Waals surface area contributed by atoms with Gasteiger partial charge in [0.05, 0.1) is 6.54 Å². The van der Waals surface area contributed by atoms with Crippen LogP contribution < -0.4 is 10.1 Å². The van der Waals surface area contributed by atoms with Gasteiger partial charge >= 0.3 is 0 Å². The first-order valence-corrected chi connectivity index (χ1v) is 10.4. The molecule has 0 radical (unpaired) electrons. The number of aryl methyl sites for hydroxylation is 4. The van der Waals surface area contributed by atoms with Gasteiger partial charge in [-0.1, -0.05) is 43.1 Å². The minimum absolute atomic E-state index is 0.0500. The van der Waals surface area contributed by atoms with Crippen LogP contribution in [0.1, 0.15) is 47.6 Å². The van der Waals surface area contributed by atoms with Crippen molar-refractivity contribution in [3.8, 4) is 5.75 Å². The lowest BCUT2D eigenvalue weighted by Crippen LogP contribution is -2.37. The number of amides is 2. The molecule has 0 saturated heterocycles. The van der Waals surface area contributed by atoms with Crippen molar-refractivity contribution in [1.82, 2.24) is 4.90 Å². The van der Waals surface area contributed by atoms with E-state index in [2.05, 4.69) is 5.32 Å². The van der Waals surface area contributed by atoms with E-state index in [0.717, 1.165) is 33.5 Å². The van der Waals surface area contributed by atoms with Crippen molar-refractivity contribution in [3.05, 3.63) is 57.1 Å². The van der Waals surface area contributed by atoms with Crippen molar-refractivity contribution in [2.75, 3.05) is 25.5 Å². The number of carbonyl (C=O) groups is 2. The number of halogens is 1. The fraction of sp³-hybridized carbons (Fsp3) is 0.417. The average Bonchev–Trinajstić information content (AvgIpc) is 2.64. The lowest BCUT2D eigenvalue weighted by molar-refractivity contribution is -0.135. The monoisotopic (exact) mass is 430 g/mol. The van der Waals surface area contributed by atoms with Gasteiger partial charge in [-0.15, -0.1) is 0 Å². The summed E-state index contributed by atoms with van der Waals surface area (Å²) in [6.07, 6.45) is 0. The minimum atomic E-state index is -0.273. The van der Waals surface area contributed by atoms with E-state index in [-0.39, 0.29) is 30.9 Å². The molecule has 0 spiro atoms. The van der Waals surface area contributed by atoms with Gasteiger partial charge in [0, 0.05) is 17.8 Å². The molecule has 0 bridgehead atoms. The third-order valence-electron chi connectivity index (χ3n) is 5.01. The van der Waals surface area contributed by atoms with Crippen LogP contribution in [0.4, 0.5) is 5.69 Å². The number of ether oxygens (including phenoxy) is 1. The highest BCUT2D eigenvalue weighted by Gasteiger charge is 2.17. The molecule has 0 atom stereocenters. The highest BCUT2D eigenvalue weighted by molar-refractivity contribution is 6.31. The molecule has 2 rings (SSSR count). The Labute approximate surface area is 184 Å². The van der Waals surface area contributed by atoms with Gasteiger partial charge < -0.3 is 15.0 Å². The highest BCUT2D eigenvalue weighted by Crippen LogP contribution is 2.32. The van der Waals surface area contributed by atoms with Gasteiger partial charge in [-0.2, -0.15) is 0 Å². The van der Waals surface area contributed by atoms with Crippen LogP contribution in [-0.4, -0.2) is 36.9 Å². The van der Waals surface area contributed by atoms with E-state index in [1.165, 1.54) is 4.90 Å². The lowest BCUT2D eigenvalue weighted by atomic mass is 10.0. The molecule has 2 aromatic rings. The summed E-state index contributed by atoms with van der Waals surface area (Å²) in [5, 5.41) is 3.59. The smallest absolute Gasteiger partial charge is 0.260 e. The third kappa shape index (κ3) is 5.99. The Bertz CT molecular complexity index is 931.